The first kappa shape index (κ1) is 69.6. The lowest BCUT2D eigenvalue weighted by Gasteiger charge is -2.49. The monoisotopic (exact) mass is 1480 g/mol. The van der Waals surface area contributed by atoms with Crippen molar-refractivity contribution in [3.05, 3.63) is 180 Å². The normalized spacial score (nSPS) is 28.0. The van der Waals surface area contributed by atoms with Gasteiger partial charge in [0.25, 0.3) is 0 Å². The number of aliphatic hydroxyl groups is 4. The number of rotatable bonds is 7. The second kappa shape index (κ2) is 28.1. The van der Waals surface area contributed by atoms with Gasteiger partial charge in [0.1, 0.15) is 40.1 Å². The van der Waals surface area contributed by atoms with Gasteiger partial charge in [0.2, 0.25) is 11.2 Å². The Morgan fingerprint density at radius 2 is 1.53 bits per heavy atom. The summed E-state index contributed by atoms with van der Waals surface area (Å²) in [4.78, 5) is 32.5. The van der Waals surface area contributed by atoms with Crippen LogP contribution in [0.25, 0.3) is 44.2 Å². The Labute approximate surface area is 619 Å². The van der Waals surface area contributed by atoms with Crippen molar-refractivity contribution >= 4 is 92.3 Å². The van der Waals surface area contributed by atoms with Crippen LogP contribution in [-0.2, 0) is 52.8 Å². The number of fused-ring (bicyclic) bond motifs is 4. The zero-order chi connectivity index (χ0) is 70.0. The van der Waals surface area contributed by atoms with Crippen LogP contribution in [0, 0.1) is 17.8 Å². The maximum absolute atomic E-state index is 16.4. The summed E-state index contributed by atoms with van der Waals surface area (Å²) in [5, 5.41) is 107. The molecule has 1 aromatic heterocycles. The number of ether oxygens (including phenoxy) is 1. The number of ketones is 1. The molecule has 3 aliphatic carbocycles. The molecular weight excluding hydrogens is 1400 g/mol. The third-order valence-electron chi connectivity index (χ3n) is 24.7. The third kappa shape index (κ3) is 11.8. The van der Waals surface area contributed by atoms with Crippen molar-refractivity contribution in [1.82, 2.24) is 5.32 Å². The second-order valence-corrected chi connectivity index (χ2v) is 39.0. The van der Waals surface area contributed by atoms with E-state index in [0.29, 0.717) is 115 Å². The minimum absolute atomic E-state index is 0.000782. The summed E-state index contributed by atoms with van der Waals surface area (Å²) in [5.41, 5.74) is 10.8. The first-order valence-electron chi connectivity index (χ1n) is 37.0. The van der Waals surface area contributed by atoms with Crippen LogP contribution in [0.2, 0.25) is 0 Å². The average molecular weight is 1490 g/mol. The zero-order valence-corrected chi connectivity index (χ0v) is 62.5. The summed E-state index contributed by atoms with van der Waals surface area (Å²) >= 11 is 0. The Bertz CT molecular complexity index is 4710. The number of hydrogen-bond donors (Lipinski definition) is 9. The first-order valence-corrected chi connectivity index (χ1v) is 44.2. The van der Waals surface area contributed by atoms with E-state index in [4.69, 9.17) is 9.15 Å². The third-order valence-corrected chi connectivity index (χ3v) is 33.1. The first-order chi connectivity index (χ1) is 49.5. The number of piperidine rings is 1. The smallest absolute Gasteiger partial charge is 0.238 e. The van der Waals surface area contributed by atoms with Gasteiger partial charge in [0.15, 0.2) is 11.5 Å². The van der Waals surface area contributed by atoms with Gasteiger partial charge >= 0.3 is 0 Å². The summed E-state index contributed by atoms with van der Waals surface area (Å²) in [5.74, 6) is 0.580. The van der Waals surface area contributed by atoms with Gasteiger partial charge < -0.3 is 55.3 Å². The molecule has 11 aliphatic heterocycles. The molecule has 22 rings (SSSR count). The number of hydrogen-bond acceptors (Lipinski definition) is 19. The lowest BCUT2D eigenvalue weighted by Crippen LogP contribution is -2.50. The highest BCUT2D eigenvalue weighted by Gasteiger charge is 2.55. The second-order valence-electron chi connectivity index (χ2n) is 31.1. The van der Waals surface area contributed by atoms with E-state index in [1.165, 1.54) is 11.6 Å². The SMILES string of the molecule is CC(C)Cc1cc2c3c(c1O)Cc1cccc(c1)[C@@H]1N[C@@H]4CSSC[C@@H](C(=O)C5(CCCCC5)c5ccc(c(O)c5)C[C@]56SSCCC[C@@H](O)[C@H]7C[C@H](c8c(cc9c%10c(ccc5c8%10)C[C@H](CCCO)[C@H]9CCO)-c5c(O)cc8oc-2c(O)c(=O)c8c5O7)[C@@H]6O)c2cccc(c2)C[C@@H]4C[C@@H]1SSC3. The molecule has 2 saturated heterocycles. The van der Waals surface area contributed by atoms with Crippen molar-refractivity contribution in [1.29, 1.82) is 0 Å². The molecule has 21 bridgehead atoms. The fourth-order valence-electron chi connectivity index (χ4n) is 19.8. The van der Waals surface area contributed by atoms with Gasteiger partial charge in [-0.15, -0.1) is 0 Å². The molecule has 7 aromatic carbocycles. The van der Waals surface area contributed by atoms with Crippen LogP contribution in [0.5, 0.6) is 28.7 Å². The summed E-state index contributed by atoms with van der Waals surface area (Å²) in [6.07, 6.45) is 6.61. The van der Waals surface area contributed by atoms with Crippen LogP contribution in [-0.4, -0.2) is 107 Å². The lowest BCUT2D eigenvalue weighted by molar-refractivity contribution is -0.127. The van der Waals surface area contributed by atoms with Crippen molar-refractivity contribution in [2.24, 2.45) is 17.8 Å². The van der Waals surface area contributed by atoms with Gasteiger partial charge in [-0.25, -0.2) is 0 Å². The fourth-order valence-corrected chi connectivity index (χ4v) is 28.7. The molecule has 19 heteroatoms. The van der Waals surface area contributed by atoms with Crippen LogP contribution in [0.15, 0.2) is 106 Å². The van der Waals surface area contributed by atoms with Crippen LogP contribution in [0.1, 0.15) is 187 Å². The van der Waals surface area contributed by atoms with E-state index in [1.54, 1.807) is 43.2 Å². The van der Waals surface area contributed by atoms with Gasteiger partial charge in [-0.1, -0.05) is 171 Å². The van der Waals surface area contributed by atoms with Crippen LogP contribution >= 0.6 is 64.8 Å². The molecule has 14 aliphatic rings. The molecule has 0 radical (unpaired) electrons. The van der Waals surface area contributed by atoms with Crippen molar-refractivity contribution in [2.45, 2.75) is 192 Å². The molecule has 9 N–H and O–H groups in total. The number of benzene rings is 7. The standard InChI is InChI=1S/C83H89NO12S6/c1-42(2)26-51-32-56-60-40-100-101-68-33-50-29-43-10-6-12-45(27-43)59(39-98-99-41-62(50)84-74(68)48-13-7-11-44(28-48)30-55(60)75(51)90)80(93)82(21-4-3-5-22-82)52-18-16-49(64(88)34-52)38-83-61-19-17-47-31-46(14-8-23-85)53(20-24-86)54-35-57-70(72(61)69(47)54)58(81(83)94)36-66(63(87)15-9-25-97-102-83)95-79-71(57)65(89)37-67-73(79)76(91)77(92)78(56)96-67/h6-7,10-13,16-19,27-28,32,34-35,37,42,46,50,53,58-59,62-63,66,68,74,81,84-90,92,94H,3-5,8-9,14-15,20-26,29-31,33,36,38-41H2,1-2H3/t46-,50+,53+,58+,59+,62+,63+,66+,68-,74-,81-,83-/m0/s1. The largest absolute Gasteiger partial charge is 0.508 e. The van der Waals surface area contributed by atoms with E-state index in [1.807, 2.05) is 39.8 Å². The number of phenolic OH excluding ortho intramolecular Hbond substituents is 3. The van der Waals surface area contributed by atoms with Crippen molar-refractivity contribution < 1.29 is 54.8 Å². The summed E-state index contributed by atoms with van der Waals surface area (Å²) in [6.45, 7) is 4.06. The average Bonchev–Trinajstić information content (AvgIpc) is 0.714. The Kier molecular flexibility index (Phi) is 19.1. The maximum atomic E-state index is 16.4. The summed E-state index contributed by atoms with van der Waals surface area (Å²) in [6, 6.07) is 33.3. The predicted octanol–water partition coefficient (Wildman–Crippen LogP) is 16.7. The van der Waals surface area contributed by atoms with E-state index in [9.17, 15) is 40.9 Å². The lowest BCUT2D eigenvalue weighted by atomic mass is 9.62. The highest BCUT2D eigenvalue weighted by atomic mass is 33.1. The van der Waals surface area contributed by atoms with Gasteiger partial charge in [-0.3, -0.25) is 9.59 Å². The van der Waals surface area contributed by atoms with E-state index in [0.717, 1.165) is 93.1 Å². The van der Waals surface area contributed by atoms with Gasteiger partial charge in [0.05, 0.1) is 33.9 Å². The molecular formula is C83H89NO12S6. The zero-order valence-electron chi connectivity index (χ0n) is 57.6. The van der Waals surface area contributed by atoms with Crippen molar-refractivity contribution in [2.75, 3.05) is 30.5 Å². The Morgan fingerprint density at radius 1 is 0.725 bits per heavy atom. The number of phenols is 3. The molecule has 534 valence electrons. The van der Waals surface area contributed by atoms with Gasteiger partial charge in [-0.05, 0) is 208 Å². The minimum Gasteiger partial charge on any atom is -0.508 e. The fraction of sp³-hybridized carbons (Fsp3) is 0.470. The van der Waals surface area contributed by atoms with E-state index < -0.39 is 51.5 Å². The quantitative estimate of drug-likeness (QED) is 0.0676. The minimum atomic E-state index is -1.21. The number of nitrogens with one attached hydrogen (secondary N) is 1. The summed E-state index contributed by atoms with van der Waals surface area (Å²) in [7, 11) is 10.4. The molecule has 0 amide bonds. The molecule has 8 aromatic rings. The molecule has 0 unspecified atom stereocenters. The Balaban J connectivity index is 0.943. The van der Waals surface area contributed by atoms with Crippen molar-refractivity contribution in [3.63, 3.8) is 0 Å². The van der Waals surface area contributed by atoms with Gasteiger partial charge in [-0.2, -0.15) is 0 Å². The van der Waals surface area contributed by atoms with E-state index >= 15 is 9.59 Å². The number of Topliss-reactive ketones (excluding diaryl/α,β-unsaturated/α-hetero) is 1. The Morgan fingerprint density at radius 3 is 2.34 bits per heavy atom. The molecule has 12 heterocycles. The number of aromatic hydroxyl groups is 4. The van der Waals surface area contributed by atoms with Gasteiger partial charge in [0, 0.05) is 83.1 Å². The van der Waals surface area contributed by atoms with Crippen LogP contribution < -0.4 is 15.5 Å². The molecule has 3 fully saturated rings. The highest BCUT2D eigenvalue weighted by Crippen LogP contribution is 2.65. The van der Waals surface area contributed by atoms with E-state index in [-0.39, 0.29) is 118 Å². The number of carbonyl (C=O) groups excluding carboxylic acids is 1. The predicted molar refractivity (Wildman–Crippen MR) is 416 cm³/mol. The van der Waals surface area contributed by atoms with Crippen LogP contribution in [0.3, 0.4) is 0 Å². The highest BCUT2D eigenvalue weighted by molar-refractivity contribution is 8.77. The number of carbonyl (C=O) groups is 1. The molecule has 13 nitrogen and oxygen atoms in total. The van der Waals surface area contributed by atoms with E-state index in [2.05, 4.69) is 92.0 Å². The topological polar surface area (TPSA) is 230 Å². The number of aliphatic hydroxyl groups excluding tert-OH is 4. The summed E-state index contributed by atoms with van der Waals surface area (Å²) < 4.78 is 13.2. The molecule has 102 heavy (non-hydrogen) atoms. The molecule has 12 atom stereocenters. The van der Waals surface area contributed by atoms with Crippen molar-refractivity contribution in [3.8, 4) is 51.2 Å². The molecule has 1 saturated carbocycles. The van der Waals surface area contributed by atoms with Crippen LogP contribution in [0.4, 0.5) is 0 Å². The molecule has 2 spiro atoms. The maximum Gasteiger partial charge on any atom is 0.238 e. The Hall–Kier alpha value is -5.42.